The Morgan fingerprint density at radius 1 is 1.16 bits per heavy atom. The Labute approximate surface area is 182 Å². The molecular weight excluding hydrogens is 428 g/mol. The zero-order chi connectivity index (χ0) is 23.6. The van der Waals surface area contributed by atoms with Crippen LogP contribution in [0.5, 0.6) is 5.75 Å². The van der Waals surface area contributed by atoms with Gasteiger partial charge in [0, 0.05) is 17.9 Å². The number of anilines is 1. The van der Waals surface area contributed by atoms with E-state index in [1.54, 1.807) is 6.07 Å². The normalized spacial score (nSPS) is 16.7. The highest BCUT2D eigenvalue weighted by molar-refractivity contribution is 6.27. The number of benzene rings is 2. The Hall–Kier alpha value is -3.23. The van der Waals surface area contributed by atoms with E-state index in [4.69, 9.17) is 0 Å². The van der Waals surface area contributed by atoms with Crippen LogP contribution in [0.4, 0.5) is 23.2 Å². The van der Waals surface area contributed by atoms with E-state index in [-0.39, 0.29) is 29.1 Å². The summed E-state index contributed by atoms with van der Waals surface area (Å²) in [6.07, 6.45) is -0.208. The first-order chi connectivity index (χ1) is 15.0. The molecule has 0 radical (unpaired) electrons. The summed E-state index contributed by atoms with van der Waals surface area (Å²) in [5.74, 6) is -6.26. The lowest BCUT2D eigenvalue weighted by Gasteiger charge is -2.21. The number of nitrogens with zero attached hydrogens (tertiary/aromatic N) is 2. The largest absolute Gasteiger partial charge is 0.435 e. The summed E-state index contributed by atoms with van der Waals surface area (Å²) in [6, 6.07) is 10.9. The molecule has 3 rings (SSSR count). The van der Waals surface area contributed by atoms with E-state index in [2.05, 4.69) is 9.84 Å². The van der Waals surface area contributed by atoms with Gasteiger partial charge in [-0.3, -0.25) is 9.59 Å². The summed E-state index contributed by atoms with van der Waals surface area (Å²) in [6.45, 7) is 1.37. The summed E-state index contributed by atoms with van der Waals surface area (Å²) in [5.41, 5.74) is 0.732. The van der Waals surface area contributed by atoms with Crippen molar-refractivity contribution in [1.29, 1.82) is 0 Å². The molecule has 0 bridgehead atoms. The van der Waals surface area contributed by atoms with Crippen LogP contribution in [0.3, 0.4) is 0 Å². The predicted molar refractivity (Wildman–Crippen MR) is 111 cm³/mol. The lowest BCUT2D eigenvalue weighted by Crippen LogP contribution is -2.33. The number of amides is 1. The minimum atomic E-state index is -3.05. The molecule has 1 amide bonds. The molecule has 32 heavy (non-hydrogen) atoms. The summed E-state index contributed by atoms with van der Waals surface area (Å²) < 4.78 is 57.6. The van der Waals surface area contributed by atoms with Gasteiger partial charge in [-0.1, -0.05) is 32.0 Å². The first-order valence-corrected chi connectivity index (χ1v) is 9.94. The van der Waals surface area contributed by atoms with Crippen molar-refractivity contribution in [3.63, 3.8) is 0 Å². The van der Waals surface area contributed by atoms with Crippen molar-refractivity contribution in [2.24, 2.45) is 16.9 Å². The van der Waals surface area contributed by atoms with Crippen LogP contribution in [0.25, 0.3) is 0 Å². The zero-order valence-electron chi connectivity index (χ0n) is 17.7. The molecule has 5 nitrogen and oxygen atoms in total. The van der Waals surface area contributed by atoms with Crippen LogP contribution in [0, 0.1) is 11.8 Å². The molecule has 170 valence electrons. The van der Waals surface area contributed by atoms with Crippen LogP contribution in [-0.4, -0.2) is 24.0 Å². The Morgan fingerprint density at radius 2 is 1.81 bits per heavy atom. The van der Waals surface area contributed by atoms with Crippen LogP contribution in [0.15, 0.2) is 53.6 Å². The third-order valence-electron chi connectivity index (χ3n) is 5.17. The van der Waals surface area contributed by atoms with Gasteiger partial charge in [0.25, 0.3) is 11.8 Å². The highest BCUT2D eigenvalue weighted by Crippen LogP contribution is 2.36. The number of rotatable bonds is 8. The van der Waals surface area contributed by atoms with E-state index < -0.39 is 36.1 Å². The van der Waals surface area contributed by atoms with Crippen LogP contribution in [-0.2, 0) is 21.9 Å². The van der Waals surface area contributed by atoms with Crippen molar-refractivity contribution in [3.05, 3.63) is 59.7 Å². The molecule has 0 saturated heterocycles. The fourth-order valence-corrected chi connectivity index (χ4v) is 3.42. The number of carbonyl (C=O) groups excluding carboxylic acids is 2. The second-order valence-corrected chi connectivity index (χ2v) is 7.82. The highest BCUT2D eigenvalue weighted by Gasteiger charge is 2.40. The van der Waals surface area contributed by atoms with E-state index in [0.29, 0.717) is 5.56 Å². The maximum Gasteiger partial charge on any atom is 0.387 e. The number of halogens is 4. The van der Waals surface area contributed by atoms with Crippen LogP contribution >= 0.6 is 0 Å². The second kappa shape index (κ2) is 9.10. The minimum Gasteiger partial charge on any atom is -0.435 e. The summed E-state index contributed by atoms with van der Waals surface area (Å²) in [5, 5.41) is 5.15. The molecule has 1 aliphatic rings. The SMILES string of the molecule is CC1=NN(c2ccc(OC(F)F)cc2)C(=O)C1C(=O)Cc1cccc(C(F)(F)C(C)C)c1. The third-order valence-corrected chi connectivity index (χ3v) is 5.17. The Kier molecular flexibility index (Phi) is 6.66. The van der Waals surface area contributed by atoms with Gasteiger partial charge in [0.1, 0.15) is 11.7 Å². The Balaban J connectivity index is 1.75. The first kappa shape index (κ1) is 23.4. The fraction of sp³-hybridized carbons (Fsp3) is 0.348. The summed E-state index contributed by atoms with van der Waals surface area (Å²) in [7, 11) is 0. The van der Waals surface area contributed by atoms with Crippen molar-refractivity contribution >= 4 is 23.1 Å². The summed E-state index contributed by atoms with van der Waals surface area (Å²) in [4.78, 5) is 25.7. The van der Waals surface area contributed by atoms with Gasteiger partial charge in [-0.15, -0.1) is 0 Å². The number of hydrazone groups is 1. The van der Waals surface area contributed by atoms with E-state index in [1.165, 1.54) is 63.2 Å². The van der Waals surface area contributed by atoms with Gasteiger partial charge in [-0.25, -0.2) is 8.78 Å². The lowest BCUT2D eigenvalue weighted by molar-refractivity contribution is -0.128. The molecule has 1 heterocycles. The molecule has 0 N–H and O–H groups in total. The molecule has 1 aliphatic heterocycles. The molecule has 0 aromatic heterocycles. The molecule has 9 heteroatoms. The number of ether oxygens (including phenoxy) is 1. The van der Waals surface area contributed by atoms with Gasteiger partial charge in [0.15, 0.2) is 5.78 Å². The number of ketones is 1. The first-order valence-electron chi connectivity index (χ1n) is 9.94. The van der Waals surface area contributed by atoms with Gasteiger partial charge < -0.3 is 4.74 Å². The van der Waals surface area contributed by atoms with Crippen LogP contribution in [0.1, 0.15) is 31.9 Å². The minimum absolute atomic E-state index is 0.0817. The van der Waals surface area contributed by atoms with Crippen molar-refractivity contribution in [1.82, 2.24) is 0 Å². The predicted octanol–water partition coefficient (Wildman–Crippen LogP) is 5.19. The number of hydrogen-bond acceptors (Lipinski definition) is 4. The molecule has 1 unspecified atom stereocenters. The van der Waals surface area contributed by atoms with E-state index in [0.717, 1.165) is 5.01 Å². The second-order valence-electron chi connectivity index (χ2n) is 7.82. The maximum atomic E-state index is 14.3. The molecule has 0 fully saturated rings. The van der Waals surface area contributed by atoms with Gasteiger partial charge in [-0.05, 0) is 42.8 Å². The molecular formula is C23H22F4N2O3. The van der Waals surface area contributed by atoms with Crippen molar-refractivity contribution in [2.45, 2.75) is 39.7 Å². The topological polar surface area (TPSA) is 59.0 Å². The van der Waals surface area contributed by atoms with Crippen LogP contribution < -0.4 is 9.75 Å². The number of hydrogen-bond donors (Lipinski definition) is 0. The molecule has 1 atom stereocenters. The molecule has 0 spiro atoms. The zero-order valence-corrected chi connectivity index (χ0v) is 17.7. The smallest absolute Gasteiger partial charge is 0.387 e. The average molecular weight is 450 g/mol. The van der Waals surface area contributed by atoms with Crippen molar-refractivity contribution in [3.8, 4) is 5.75 Å². The van der Waals surface area contributed by atoms with Gasteiger partial charge in [0.05, 0.1) is 11.4 Å². The number of alkyl halides is 4. The monoisotopic (exact) mass is 450 g/mol. The van der Waals surface area contributed by atoms with E-state index in [9.17, 15) is 27.2 Å². The number of carbonyl (C=O) groups is 2. The van der Waals surface area contributed by atoms with Crippen molar-refractivity contribution in [2.75, 3.05) is 5.01 Å². The average Bonchev–Trinajstić information content (AvgIpc) is 3.02. The Morgan fingerprint density at radius 3 is 2.41 bits per heavy atom. The van der Waals surface area contributed by atoms with E-state index >= 15 is 0 Å². The van der Waals surface area contributed by atoms with E-state index in [1.807, 2.05) is 0 Å². The van der Waals surface area contributed by atoms with Gasteiger partial charge in [-0.2, -0.15) is 18.9 Å². The maximum absolute atomic E-state index is 14.3. The van der Waals surface area contributed by atoms with Crippen molar-refractivity contribution < 1.29 is 31.9 Å². The molecule has 2 aromatic rings. The highest BCUT2D eigenvalue weighted by atomic mass is 19.3. The Bertz CT molecular complexity index is 1040. The number of Topliss-reactive ketones (excluding diaryl/α,β-unsaturated/α-hetero) is 1. The fourth-order valence-electron chi connectivity index (χ4n) is 3.42. The van der Waals surface area contributed by atoms with Gasteiger partial charge >= 0.3 is 6.61 Å². The van der Waals surface area contributed by atoms with Gasteiger partial charge in [0.2, 0.25) is 0 Å². The standard InChI is InChI=1S/C23H22F4N2O3/c1-13(2)23(26,27)16-6-4-5-15(11-16)12-19(30)20-14(3)28-29(21(20)31)17-7-9-18(10-8-17)32-22(24)25/h4-11,13,20,22H,12H2,1-3H3. The molecule has 0 aliphatic carbocycles. The van der Waals surface area contributed by atoms with Crippen LogP contribution in [0.2, 0.25) is 0 Å². The quantitative estimate of drug-likeness (QED) is 0.411. The molecule has 0 saturated carbocycles. The summed E-state index contributed by atoms with van der Waals surface area (Å²) >= 11 is 0. The lowest BCUT2D eigenvalue weighted by atomic mass is 9.91. The molecule has 2 aromatic carbocycles. The third kappa shape index (κ3) is 4.81.